The van der Waals surface area contributed by atoms with Crippen molar-refractivity contribution in [2.24, 2.45) is 0 Å². The molecule has 0 bridgehead atoms. The fraction of sp³-hybridized carbons (Fsp3) is 0.267. The summed E-state index contributed by atoms with van der Waals surface area (Å²) in [4.78, 5) is 4.03. The molecule has 20 heavy (non-hydrogen) atoms. The molecule has 3 nitrogen and oxygen atoms in total. The minimum Gasteiger partial charge on any atom is -0.492 e. The molecule has 1 aromatic heterocycles. The van der Waals surface area contributed by atoms with E-state index in [4.69, 9.17) is 4.74 Å². The number of hydrogen-bond donors (Lipinski definition) is 1. The summed E-state index contributed by atoms with van der Waals surface area (Å²) in [5, 5.41) is 3.26. The first-order valence-corrected chi connectivity index (χ1v) is 6.35. The van der Waals surface area contributed by atoms with E-state index in [0.29, 0.717) is 18.9 Å². The Morgan fingerprint density at radius 1 is 1.25 bits per heavy atom. The summed E-state index contributed by atoms with van der Waals surface area (Å²) in [7, 11) is 0. The molecule has 0 aliphatic carbocycles. The van der Waals surface area contributed by atoms with Crippen molar-refractivity contribution in [1.82, 2.24) is 10.3 Å². The Morgan fingerprint density at radius 2 is 2.10 bits per heavy atom. The van der Waals surface area contributed by atoms with E-state index in [-0.39, 0.29) is 6.04 Å². The average Bonchev–Trinajstić information content (AvgIpc) is 2.47. The quantitative estimate of drug-likeness (QED) is 0.882. The summed E-state index contributed by atoms with van der Waals surface area (Å²) in [6.07, 6.45) is 3.51. The molecule has 106 valence electrons. The molecule has 0 aliphatic rings. The highest BCUT2D eigenvalue weighted by atomic mass is 19.2. The number of rotatable bonds is 6. The number of ether oxygens (including phenoxy) is 1. The van der Waals surface area contributed by atoms with E-state index >= 15 is 0 Å². The fourth-order valence-corrected chi connectivity index (χ4v) is 1.64. The maximum Gasteiger partial charge on any atom is 0.162 e. The third kappa shape index (κ3) is 4.28. The Hall–Kier alpha value is -2.01. The van der Waals surface area contributed by atoms with Gasteiger partial charge in [-0.1, -0.05) is 6.07 Å². The zero-order valence-electron chi connectivity index (χ0n) is 11.1. The standard InChI is InChI=1S/C15H16F2N2O/c1-11(19-9-12-3-2-6-18-8-12)10-20-13-4-5-14(16)15(17)7-13/h2-8,11,19H,9-10H2,1H3/t11-/m0/s1. The number of hydrogen-bond acceptors (Lipinski definition) is 3. The minimum absolute atomic E-state index is 0.0725. The SMILES string of the molecule is C[C@@H](COc1ccc(F)c(F)c1)NCc1cccnc1. The van der Waals surface area contributed by atoms with Gasteiger partial charge in [-0.05, 0) is 30.7 Å². The molecular formula is C15H16F2N2O. The molecule has 1 N–H and O–H groups in total. The fourth-order valence-electron chi connectivity index (χ4n) is 1.64. The Kier molecular flexibility index (Phi) is 5.01. The molecule has 1 atom stereocenters. The highest BCUT2D eigenvalue weighted by Gasteiger charge is 2.06. The molecule has 0 saturated heterocycles. The largest absolute Gasteiger partial charge is 0.492 e. The lowest BCUT2D eigenvalue weighted by Gasteiger charge is -2.15. The molecule has 0 spiro atoms. The molecule has 2 rings (SSSR count). The summed E-state index contributed by atoms with van der Waals surface area (Å²) in [6, 6.07) is 7.43. The van der Waals surface area contributed by atoms with Crippen LogP contribution in [0.15, 0.2) is 42.7 Å². The van der Waals surface area contributed by atoms with E-state index in [1.54, 1.807) is 12.4 Å². The number of pyridine rings is 1. The summed E-state index contributed by atoms with van der Waals surface area (Å²) in [5.41, 5.74) is 1.08. The van der Waals surface area contributed by atoms with Crippen molar-refractivity contribution in [1.29, 1.82) is 0 Å². The summed E-state index contributed by atoms with van der Waals surface area (Å²) in [6.45, 7) is 3.00. The van der Waals surface area contributed by atoms with Crippen LogP contribution in [0, 0.1) is 11.6 Å². The van der Waals surface area contributed by atoms with Crippen LogP contribution in [0.4, 0.5) is 8.78 Å². The Balaban J connectivity index is 1.77. The van der Waals surface area contributed by atoms with Crippen LogP contribution in [0.3, 0.4) is 0 Å². The van der Waals surface area contributed by atoms with Gasteiger partial charge in [0.15, 0.2) is 11.6 Å². The highest BCUT2D eigenvalue weighted by Crippen LogP contribution is 2.15. The van der Waals surface area contributed by atoms with Gasteiger partial charge in [0.25, 0.3) is 0 Å². The number of halogens is 2. The van der Waals surface area contributed by atoms with E-state index in [2.05, 4.69) is 10.3 Å². The van der Waals surface area contributed by atoms with Crippen molar-refractivity contribution in [2.45, 2.75) is 19.5 Å². The number of nitrogens with zero attached hydrogens (tertiary/aromatic N) is 1. The van der Waals surface area contributed by atoms with Crippen LogP contribution in [-0.4, -0.2) is 17.6 Å². The van der Waals surface area contributed by atoms with Gasteiger partial charge < -0.3 is 10.1 Å². The van der Waals surface area contributed by atoms with Crippen LogP contribution in [-0.2, 0) is 6.54 Å². The smallest absolute Gasteiger partial charge is 0.162 e. The van der Waals surface area contributed by atoms with Crippen LogP contribution < -0.4 is 10.1 Å². The Labute approximate surface area is 116 Å². The zero-order chi connectivity index (χ0) is 14.4. The number of aromatic nitrogens is 1. The number of nitrogens with one attached hydrogen (secondary N) is 1. The van der Waals surface area contributed by atoms with Crippen molar-refractivity contribution < 1.29 is 13.5 Å². The monoisotopic (exact) mass is 278 g/mol. The first-order chi connectivity index (χ1) is 9.65. The molecule has 0 fully saturated rings. The van der Waals surface area contributed by atoms with E-state index in [0.717, 1.165) is 17.7 Å². The Bertz CT molecular complexity index is 549. The average molecular weight is 278 g/mol. The summed E-state index contributed by atoms with van der Waals surface area (Å²) < 4.78 is 31.2. The van der Waals surface area contributed by atoms with Crippen molar-refractivity contribution in [3.8, 4) is 5.75 Å². The Morgan fingerprint density at radius 3 is 2.80 bits per heavy atom. The van der Waals surface area contributed by atoms with Gasteiger partial charge in [0.05, 0.1) is 0 Å². The second-order valence-corrected chi connectivity index (χ2v) is 4.53. The van der Waals surface area contributed by atoms with E-state index in [9.17, 15) is 8.78 Å². The molecule has 0 saturated carbocycles. The molecule has 5 heteroatoms. The van der Waals surface area contributed by atoms with Gasteiger partial charge in [0.2, 0.25) is 0 Å². The molecule has 1 heterocycles. The van der Waals surface area contributed by atoms with Crippen molar-refractivity contribution in [2.75, 3.05) is 6.61 Å². The van der Waals surface area contributed by atoms with Crippen molar-refractivity contribution in [3.63, 3.8) is 0 Å². The maximum atomic E-state index is 13.0. The third-order valence-corrected chi connectivity index (χ3v) is 2.77. The van der Waals surface area contributed by atoms with E-state index < -0.39 is 11.6 Å². The maximum absolute atomic E-state index is 13.0. The first-order valence-electron chi connectivity index (χ1n) is 6.35. The molecule has 2 aromatic rings. The van der Waals surface area contributed by atoms with E-state index in [1.165, 1.54) is 6.07 Å². The van der Waals surface area contributed by atoms with E-state index in [1.807, 2.05) is 19.1 Å². The second-order valence-electron chi connectivity index (χ2n) is 4.53. The van der Waals surface area contributed by atoms with Crippen LogP contribution >= 0.6 is 0 Å². The molecule has 0 unspecified atom stereocenters. The van der Waals surface area contributed by atoms with Gasteiger partial charge in [-0.3, -0.25) is 4.98 Å². The van der Waals surface area contributed by atoms with Gasteiger partial charge in [0, 0.05) is 31.0 Å². The summed E-state index contributed by atoms with van der Waals surface area (Å²) >= 11 is 0. The van der Waals surface area contributed by atoms with Gasteiger partial charge in [-0.25, -0.2) is 8.78 Å². The molecular weight excluding hydrogens is 262 g/mol. The van der Waals surface area contributed by atoms with Gasteiger partial charge >= 0.3 is 0 Å². The van der Waals surface area contributed by atoms with Gasteiger partial charge in [0.1, 0.15) is 12.4 Å². The normalized spacial score (nSPS) is 12.2. The molecule has 0 radical (unpaired) electrons. The van der Waals surface area contributed by atoms with Crippen LogP contribution in [0.2, 0.25) is 0 Å². The molecule has 0 amide bonds. The first kappa shape index (κ1) is 14.4. The lowest BCUT2D eigenvalue weighted by Crippen LogP contribution is -2.31. The van der Waals surface area contributed by atoms with Crippen LogP contribution in [0.1, 0.15) is 12.5 Å². The second kappa shape index (κ2) is 6.96. The predicted molar refractivity (Wildman–Crippen MR) is 72.4 cm³/mol. The topological polar surface area (TPSA) is 34.1 Å². The number of benzene rings is 1. The minimum atomic E-state index is -0.904. The van der Waals surface area contributed by atoms with Crippen LogP contribution in [0.25, 0.3) is 0 Å². The van der Waals surface area contributed by atoms with Gasteiger partial charge in [-0.2, -0.15) is 0 Å². The summed E-state index contributed by atoms with van der Waals surface area (Å²) in [5.74, 6) is -1.46. The van der Waals surface area contributed by atoms with Gasteiger partial charge in [-0.15, -0.1) is 0 Å². The van der Waals surface area contributed by atoms with Crippen molar-refractivity contribution >= 4 is 0 Å². The van der Waals surface area contributed by atoms with Crippen molar-refractivity contribution in [3.05, 3.63) is 59.9 Å². The predicted octanol–water partition coefficient (Wildman–Crippen LogP) is 2.92. The molecule has 1 aromatic carbocycles. The zero-order valence-corrected chi connectivity index (χ0v) is 11.1. The third-order valence-electron chi connectivity index (χ3n) is 2.77. The van der Waals surface area contributed by atoms with Crippen LogP contribution in [0.5, 0.6) is 5.75 Å². The molecule has 0 aliphatic heterocycles. The lowest BCUT2D eigenvalue weighted by molar-refractivity contribution is 0.270. The highest BCUT2D eigenvalue weighted by molar-refractivity contribution is 5.23. The lowest BCUT2D eigenvalue weighted by atomic mass is 10.2.